The van der Waals surface area contributed by atoms with Crippen molar-refractivity contribution in [2.45, 2.75) is 0 Å². The Morgan fingerprint density at radius 2 is 2.19 bits per heavy atom. The molecule has 5 heteroatoms. The van der Waals surface area contributed by atoms with Gasteiger partial charge in [-0.3, -0.25) is 0 Å². The fourth-order valence-electron chi connectivity index (χ4n) is 1.32. The highest BCUT2D eigenvalue weighted by molar-refractivity contribution is 5.77. The van der Waals surface area contributed by atoms with Crippen molar-refractivity contribution >= 4 is 23.3 Å². The molecule has 0 radical (unpaired) electrons. The standard InChI is InChI=1S/C11H7N3O2/c1-2-4-9-8(3-1)14-11(16-9)13-7-10-12-5-6-15-10/h1-7H. The Morgan fingerprint density at radius 1 is 1.25 bits per heavy atom. The molecule has 0 spiro atoms. The van der Waals surface area contributed by atoms with Crippen molar-refractivity contribution in [1.82, 2.24) is 9.97 Å². The zero-order valence-electron chi connectivity index (χ0n) is 8.20. The Morgan fingerprint density at radius 3 is 3.00 bits per heavy atom. The van der Waals surface area contributed by atoms with E-state index >= 15 is 0 Å². The third-order valence-corrected chi connectivity index (χ3v) is 2.02. The first kappa shape index (κ1) is 8.84. The van der Waals surface area contributed by atoms with Crippen LogP contribution in [0, 0.1) is 0 Å². The number of fused-ring (bicyclic) bond motifs is 1. The van der Waals surface area contributed by atoms with Gasteiger partial charge in [-0.15, -0.1) is 0 Å². The molecule has 16 heavy (non-hydrogen) atoms. The van der Waals surface area contributed by atoms with E-state index in [0.29, 0.717) is 17.5 Å². The second-order valence-electron chi connectivity index (χ2n) is 3.09. The van der Waals surface area contributed by atoms with E-state index < -0.39 is 0 Å². The van der Waals surface area contributed by atoms with E-state index in [1.54, 1.807) is 6.20 Å². The van der Waals surface area contributed by atoms with Gasteiger partial charge in [0.25, 0.3) is 0 Å². The van der Waals surface area contributed by atoms with Crippen molar-refractivity contribution in [3.63, 3.8) is 0 Å². The van der Waals surface area contributed by atoms with E-state index in [0.717, 1.165) is 5.52 Å². The van der Waals surface area contributed by atoms with Gasteiger partial charge in [0.05, 0.1) is 12.4 Å². The summed E-state index contributed by atoms with van der Waals surface area (Å²) in [6.45, 7) is 0. The topological polar surface area (TPSA) is 64.4 Å². The number of benzene rings is 1. The van der Waals surface area contributed by atoms with Crippen LogP contribution < -0.4 is 0 Å². The van der Waals surface area contributed by atoms with Gasteiger partial charge in [-0.1, -0.05) is 12.1 Å². The van der Waals surface area contributed by atoms with Crippen molar-refractivity contribution in [3.8, 4) is 0 Å². The first-order valence-corrected chi connectivity index (χ1v) is 4.71. The summed E-state index contributed by atoms with van der Waals surface area (Å²) >= 11 is 0. The summed E-state index contributed by atoms with van der Waals surface area (Å²) in [7, 11) is 0. The van der Waals surface area contributed by atoms with Crippen molar-refractivity contribution < 1.29 is 8.83 Å². The summed E-state index contributed by atoms with van der Waals surface area (Å²) in [4.78, 5) is 12.1. The predicted octanol–water partition coefficient (Wildman–Crippen LogP) is 2.57. The summed E-state index contributed by atoms with van der Waals surface area (Å²) in [6.07, 6.45) is 4.49. The lowest BCUT2D eigenvalue weighted by molar-refractivity contribution is 0.549. The molecular weight excluding hydrogens is 206 g/mol. The van der Waals surface area contributed by atoms with Crippen LogP contribution in [0.5, 0.6) is 0 Å². The zero-order valence-corrected chi connectivity index (χ0v) is 8.20. The first-order valence-electron chi connectivity index (χ1n) is 4.71. The minimum absolute atomic E-state index is 0.291. The van der Waals surface area contributed by atoms with Gasteiger partial charge in [0, 0.05) is 0 Å². The number of aromatic nitrogens is 2. The van der Waals surface area contributed by atoms with Crippen molar-refractivity contribution in [2.75, 3.05) is 0 Å². The minimum Gasteiger partial charge on any atom is -0.444 e. The Labute approximate surface area is 90.5 Å². The van der Waals surface area contributed by atoms with E-state index in [1.807, 2.05) is 24.3 Å². The fraction of sp³-hybridized carbons (Fsp3) is 0. The van der Waals surface area contributed by atoms with Gasteiger partial charge in [0.2, 0.25) is 5.89 Å². The monoisotopic (exact) mass is 213 g/mol. The SMILES string of the molecule is C(=Nc1nc2ccccc2o1)c1ncco1. The first-order chi connectivity index (χ1) is 7.92. The number of aliphatic imine (C=N–C) groups is 1. The molecule has 1 aromatic carbocycles. The van der Waals surface area contributed by atoms with Gasteiger partial charge in [-0.25, -0.2) is 4.98 Å². The zero-order chi connectivity index (χ0) is 10.8. The lowest BCUT2D eigenvalue weighted by Crippen LogP contribution is -1.77. The van der Waals surface area contributed by atoms with Gasteiger partial charge >= 0.3 is 6.01 Å². The molecule has 0 atom stereocenters. The lowest BCUT2D eigenvalue weighted by atomic mass is 10.3. The molecule has 0 aliphatic rings. The van der Waals surface area contributed by atoms with Gasteiger partial charge in [-0.05, 0) is 12.1 Å². The largest absolute Gasteiger partial charge is 0.444 e. The minimum atomic E-state index is 0.291. The molecule has 3 rings (SSSR count). The Bertz CT molecular complexity index is 593. The Kier molecular flexibility index (Phi) is 2.00. The smallest absolute Gasteiger partial charge is 0.322 e. The highest BCUT2D eigenvalue weighted by atomic mass is 16.4. The average Bonchev–Trinajstić information content (AvgIpc) is 2.95. The second-order valence-corrected chi connectivity index (χ2v) is 3.09. The van der Waals surface area contributed by atoms with Crippen LogP contribution in [0.1, 0.15) is 5.89 Å². The van der Waals surface area contributed by atoms with E-state index in [2.05, 4.69) is 15.0 Å². The number of nitrogens with zero attached hydrogens (tertiary/aromatic N) is 3. The summed E-state index contributed by atoms with van der Waals surface area (Å²) < 4.78 is 10.4. The van der Waals surface area contributed by atoms with Crippen LogP contribution in [0.25, 0.3) is 11.1 Å². The summed E-state index contributed by atoms with van der Waals surface area (Å²) in [5, 5.41) is 0. The summed E-state index contributed by atoms with van der Waals surface area (Å²) in [6, 6.07) is 7.77. The van der Waals surface area contributed by atoms with Crippen LogP contribution in [0.3, 0.4) is 0 Å². The fourth-order valence-corrected chi connectivity index (χ4v) is 1.32. The number of hydrogen-bond acceptors (Lipinski definition) is 5. The third kappa shape index (κ3) is 1.58. The van der Waals surface area contributed by atoms with Gasteiger partial charge < -0.3 is 8.83 Å². The Balaban J connectivity index is 1.95. The van der Waals surface area contributed by atoms with Crippen LogP contribution >= 0.6 is 0 Å². The van der Waals surface area contributed by atoms with E-state index in [-0.39, 0.29) is 0 Å². The van der Waals surface area contributed by atoms with Crippen LogP contribution in [-0.2, 0) is 0 Å². The molecule has 78 valence electrons. The maximum atomic E-state index is 5.39. The summed E-state index contributed by atoms with van der Waals surface area (Å²) in [5.41, 5.74) is 1.49. The van der Waals surface area contributed by atoms with Crippen LogP contribution in [0.4, 0.5) is 6.01 Å². The molecule has 0 bridgehead atoms. The molecule has 0 fully saturated rings. The third-order valence-electron chi connectivity index (χ3n) is 2.02. The van der Waals surface area contributed by atoms with Gasteiger partial charge in [-0.2, -0.15) is 9.98 Å². The molecule has 0 aliphatic carbocycles. The molecule has 0 saturated carbocycles. The van der Waals surface area contributed by atoms with E-state index in [4.69, 9.17) is 8.83 Å². The maximum absolute atomic E-state index is 5.39. The highest BCUT2D eigenvalue weighted by Gasteiger charge is 2.02. The van der Waals surface area contributed by atoms with Crippen LogP contribution in [-0.4, -0.2) is 16.2 Å². The number of oxazole rings is 2. The Hall–Kier alpha value is -2.43. The lowest BCUT2D eigenvalue weighted by Gasteiger charge is -1.81. The van der Waals surface area contributed by atoms with Crippen LogP contribution in [0.2, 0.25) is 0 Å². The molecule has 0 N–H and O–H groups in total. The van der Waals surface area contributed by atoms with Gasteiger partial charge in [0.15, 0.2) is 5.58 Å². The van der Waals surface area contributed by atoms with Gasteiger partial charge in [0.1, 0.15) is 11.8 Å². The van der Waals surface area contributed by atoms with E-state index in [1.165, 1.54) is 12.5 Å². The van der Waals surface area contributed by atoms with Crippen LogP contribution in [0.15, 0.2) is 50.6 Å². The maximum Gasteiger partial charge on any atom is 0.322 e. The highest BCUT2D eigenvalue weighted by Crippen LogP contribution is 2.19. The average molecular weight is 213 g/mol. The number of hydrogen-bond donors (Lipinski definition) is 0. The molecule has 0 amide bonds. The molecule has 0 saturated heterocycles. The molecule has 2 aromatic heterocycles. The molecule has 0 unspecified atom stereocenters. The van der Waals surface area contributed by atoms with E-state index in [9.17, 15) is 0 Å². The summed E-state index contributed by atoms with van der Waals surface area (Å²) in [5.74, 6) is 0.419. The van der Waals surface area contributed by atoms with Crippen molar-refractivity contribution in [3.05, 3.63) is 42.6 Å². The van der Waals surface area contributed by atoms with Crippen molar-refractivity contribution in [2.24, 2.45) is 4.99 Å². The quantitative estimate of drug-likeness (QED) is 0.613. The predicted molar refractivity (Wildman–Crippen MR) is 57.8 cm³/mol. The number of rotatable bonds is 2. The normalized spacial score (nSPS) is 11.5. The van der Waals surface area contributed by atoms with Crippen molar-refractivity contribution in [1.29, 1.82) is 0 Å². The second kappa shape index (κ2) is 3.62. The number of para-hydroxylation sites is 2. The molecule has 5 nitrogen and oxygen atoms in total. The molecular formula is C11H7N3O2. The molecule has 0 aliphatic heterocycles. The molecule has 3 aromatic rings. The molecule has 2 heterocycles.